The Morgan fingerprint density at radius 1 is 0.944 bits per heavy atom. The van der Waals surface area contributed by atoms with Crippen LogP contribution in [0.25, 0.3) is 0 Å². The smallest absolute Gasteiger partial charge is 0.290 e. The van der Waals surface area contributed by atoms with Crippen LogP contribution in [0.1, 0.15) is 31.2 Å². The maximum Gasteiger partial charge on any atom is 0.290 e. The molecule has 1 amide bonds. The quantitative estimate of drug-likeness (QED) is 0.766. The van der Waals surface area contributed by atoms with Gasteiger partial charge in [-0.1, -0.05) is 43.2 Å². The molecule has 0 bridgehead atoms. The highest BCUT2D eigenvalue weighted by Crippen LogP contribution is 2.11. The first-order valence-corrected chi connectivity index (χ1v) is 6.63. The Hall–Kier alpha value is -1.64. The van der Waals surface area contributed by atoms with Gasteiger partial charge in [0.2, 0.25) is 5.78 Å². The molecule has 3 heteroatoms. The number of nitrogens with zero attached hydrogens (tertiary/aromatic N) is 1. The largest absolute Gasteiger partial charge is 0.336 e. The van der Waals surface area contributed by atoms with Gasteiger partial charge in [0.1, 0.15) is 0 Å². The maximum absolute atomic E-state index is 12.0. The van der Waals surface area contributed by atoms with Crippen LogP contribution in [0, 0.1) is 0 Å². The van der Waals surface area contributed by atoms with E-state index in [2.05, 4.69) is 0 Å². The number of Topliss-reactive ketones (excluding diaryl/α,β-unsaturated/α-hetero) is 1. The molecule has 96 valence electrons. The molecule has 3 nitrogen and oxygen atoms in total. The predicted octanol–water partition coefficient (Wildman–Crippen LogP) is 2.20. The number of hydrogen-bond donors (Lipinski definition) is 0. The van der Waals surface area contributed by atoms with Crippen molar-refractivity contribution >= 4 is 11.7 Å². The van der Waals surface area contributed by atoms with E-state index in [1.54, 1.807) is 4.90 Å². The third-order valence-corrected chi connectivity index (χ3v) is 3.34. The second kappa shape index (κ2) is 6.34. The maximum atomic E-state index is 12.0. The van der Waals surface area contributed by atoms with Crippen LogP contribution in [-0.2, 0) is 16.0 Å². The summed E-state index contributed by atoms with van der Waals surface area (Å²) in [5.41, 5.74) is 0.908. The van der Waals surface area contributed by atoms with E-state index in [1.807, 2.05) is 30.3 Å². The van der Waals surface area contributed by atoms with Crippen LogP contribution in [-0.4, -0.2) is 29.7 Å². The first-order valence-electron chi connectivity index (χ1n) is 6.63. The zero-order valence-corrected chi connectivity index (χ0v) is 10.6. The lowest BCUT2D eigenvalue weighted by atomic mass is 10.1. The molecule has 1 aliphatic heterocycles. The molecule has 1 aromatic carbocycles. The number of amides is 1. The van der Waals surface area contributed by atoms with Crippen molar-refractivity contribution in [2.75, 3.05) is 13.1 Å². The fourth-order valence-electron chi connectivity index (χ4n) is 2.31. The van der Waals surface area contributed by atoms with Gasteiger partial charge in [0.25, 0.3) is 5.91 Å². The third-order valence-electron chi connectivity index (χ3n) is 3.34. The lowest BCUT2D eigenvalue weighted by Gasteiger charge is -2.19. The van der Waals surface area contributed by atoms with Gasteiger partial charge in [-0.15, -0.1) is 0 Å². The van der Waals surface area contributed by atoms with Gasteiger partial charge in [-0.25, -0.2) is 0 Å². The zero-order chi connectivity index (χ0) is 12.8. The molecule has 0 spiro atoms. The Kier molecular flexibility index (Phi) is 4.51. The van der Waals surface area contributed by atoms with E-state index in [0.717, 1.165) is 44.3 Å². The summed E-state index contributed by atoms with van der Waals surface area (Å²) in [6.45, 7) is 1.47. The normalized spacial score (nSPS) is 16.1. The number of likely N-dealkylation sites (tertiary alicyclic amines) is 1. The highest BCUT2D eigenvalue weighted by Gasteiger charge is 2.22. The molecule has 0 atom stereocenters. The van der Waals surface area contributed by atoms with Crippen LogP contribution in [0.5, 0.6) is 0 Å². The molecule has 0 N–H and O–H groups in total. The summed E-state index contributed by atoms with van der Waals surface area (Å²) in [6.07, 6.45) is 4.58. The minimum Gasteiger partial charge on any atom is -0.336 e. The third kappa shape index (κ3) is 3.42. The van der Waals surface area contributed by atoms with Gasteiger partial charge < -0.3 is 4.90 Å². The number of benzene rings is 1. The fourth-order valence-corrected chi connectivity index (χ4v) is 2.31. The zero-order valence-electron chi connectivity index (χ0n) is 10.6. The molecule has 1 heterocycles. The average molecular weight is 245 g/mol. The second-order valence-corrected chi connectivity index (χ2v) is 4.79. The monoisotopic (exact) mass is 245 g/mol. The van der Waals surface area contributed by atoms with Gasteiger partial charge in [0.05, 0.1) is 0 Å². The average Bonchev–Trinajstić information content (AvgIpc) is 2.68. The first-order chi connectivity index (χ1) is 8.77. The van der Waals surface area contributed by atoms with Crippen molar-refractivity contribution in [3.05, 3.63) is 35.9 Å². The van der Waals surface area contributed by atoms with Crippen molar-refractivity contribution in [2.24, 2.45) is 0 Å². The SMILES string of the molecule is O=C(Cc1ccccc1)C(=O)N1CCCCCC1. The summed E-state index contributed by atoms with van der Waals surface area (Å²) in [6, 6.07) is 9.45. The fraction of sp³-hybridized carbons (Fsp3) is 0.467. The van der Waals surface area contributed by atoms with E-state index in [1.165, 1.54) is 0 Å². The molecule has 0 aromatic heterocycles. The summed E-state index contributed by atoms with van der Waals surface area (Å²) in [7, 11) is 0. The van der Waals surface area contributed by atoms with Gasteiger partial charge in [0.15, 0.2) is 0 Å². The van der Waals surface area contributed by atoms with E-state index in [4.69, 9.17) is 0 Å². The van der Waals surface area contributed by atoms with Crippen molar-refractivity contribution in [2.45, 2.75) is 32.1 Å². The Balaban J connectivity index is 1.93. The van der Waals surface area contributed by atoms with Crippen LogP contribution >= 0.6 is 0 Å². The van der Waals surface area contributed by atoms with Crippen LogP contribution in [0.4, 0.5) is 0 Å². The lowest BCUT2D eigenvalue weighted by Crippen LogP contribution is -2.37. The Morgan fingerprint density at radius 2 is 1.56 bits per heavy atom. The summed E-state index contributed by atoms with van der Waals surface area (Å²) >= 11 is 0. The van der Waals surface area contributed by atoms with E-state index in [-0.39, 0.29) is 18.1 Å². The molecular weight excluding hydrogens is 226 g/mol. The van der Waals surface area contributed by atoms with Crippen molar-refractivity contribution in [1.29, 1.82) is 0 Å². The second-order valence-electron chi connectivity index (χ2n) is 4.79. The standard InChI is InChI=1S/C15H19NO2/c17-14(12-13-8-4-3-5-9-13)15(18)16-10-6-1-2-7-11-16/h3-5,8-9H,1-2,6-7,10-12H2. The van der Waals surface area contributed by atoms with Crippen LogP contribution in [0.3, 0.4) is 0 Å². The van der Waals surface area contributed by atoms with E-state index >= 15 is 0 Å². The molecule has 1 saturated heterocycles. The van der Waals surface area contributed by atoms with Crippen LogP contribution in [0.2, 0.25) is 0 Å². The Labute approximate surface area is 108 Å². The molecule has 1 aromatic rings. The summed E-state index contributed by atoms with van der Waals surface area (Å²) in [5.74, 6) is -0.594. The van der Waals surface area contributed by atoms with Gasteiger partial charge in [-0.3, -0.25) is 9.59 Å². The molecular formula is C15H19NO2. The van der Waals surface area contributed by atoms with E-state index < -0.39 is 0 Å². The topological polar surface area (TPSA) is 37.4 Å². The van der Waals surface area contributed by atoms with Gasteiger partial charge >= 0.3 is 0 Å². The molecule has 0 unspecified atom stereocenters. The summed E-state index contributed by atoms with van der Waals surface area (Å²) < 4.78 is 0. The summed E-state index contributed by atoms with van der Waals surface area (Å²) in [4.78, 5) is 25.7. The van der Waals surface area contributed by atoms with Crippen molar-refractivity contribution in [3.8, 4) is 0 Å². The van der Waals surface area contributed by atoms with Crippen molar-refractivity contribution < 1.29 is 9.59 Å². The molecule has 1 aliphatic rings. The lowest BCUT2D eigenvalue weighted by molar-refractivity contribution is -0.144. The molecule has 0 aliphatic carbocycles. The number of rotatable bonds is 3. The van der Waals surface area contributed by atoms with Crippen LogP contribution < -0.4 is 0 Å². The van der Waals surface area contributed by atoms with E-state index in [0.29, 0.717) is 0 Å². The molecule has 1 fully saturated rings. The highest BCUT2D eigenvalue weighted by molar-refractivity contribution is 6.36. The minimum absolute atomic E-state index is 0.218. The number of carbonyl (C=O) groups is 2. The number of ketones is 1. The van der Waals surface area contributed by atoms with Gasteiger partial charge in [-0.05, 0) is 18.4 Å². The van der Waals surface area contributed by atoms with Gasteiger partial charge in [0, 0.05) is 19.5 Å². The van der Waals surface area contributed by atoms with Crippen LogP contribution in [0.15, 0.2) is 30.3 Å². The molecule has 0 radical (unpaired) electrons. The highest BCUT2D eigenvalue weighted by atomic mass is 16.2. The number of hydrogen-bond acceptors (Lipinski definition) is 2. The Morgan fingerprint density at radius 3 is 2.17 bits per heavy atom. The summed E-state index contributed by atoms with van der Waals surface area (Å²) in [5, 5.41) is 0. The first kappa shape index (κ1) is 12.8. The predicted molar refractivity (Wildman–Crippen MR) is 70.2 cm³/mol. The molecule has 18 heavy (non-hydrogen) atoms. The number of carbonyl (C=O) groups excluding carboxylic acids is 2. The van der Waals surface area contributed by atoms with Gasteiger partial charge in [-0.2, -0.15) is 0 Å². The molecule has 2 rings (SSSR count). The molecule has 0 saturated carbocycles. The van der Waals surface area contributed by atoms with Crippen molar-refractivity contribution in [1.82, 2.24) is 4.90 Å². The minimum atomic E-state index is -0.305. The Bertz CT molecular complexity index is 406. The van der Waals surface area contributed by atoms with Crippen molar-refractivity contribution in [3.63, 3.8) is 0 Å². The van der Waals surface area contributed by atoms with E-state index in [9.17, 15) is 9.59 Å².